The van der Waals surface area contributed by atoms with Gasteiger partial charge in [-0.25, -0.2) is 9.37 Å². The van der Waals surface area contributed by atoms with Gasteiger partial charge in [-0.1, -0.05) is 12.8 Å². The number of rotatable bonds is 7. The summed E-state index contributed by atoms with van der Waals surface area (Å²) in [7, 11) is 0. The van der Waals surface area contributed by atoms with Crippen molar-refractivity contribution in [3.63, 3.8) is 0 Å². The quantitative estimate of drug-likeness (QED) is 0.751. The molecule has 1 unspecified atom stereocenters. The molecular formula is C20H23FN2O4. The van der Waals surface area contributed by atoms with Crippen LogP contribution in [0.25, 0.3) is 11.3 Å². The van der Waals surface area contributed by atoms with Crippen molar-refractivity contribution in [2.24, 2.45) is 0 Å². The highest BCUT2D eigenvalue weighted by Crippen LogP contribution is 2.21. The molecule has 144 valence electrons. The average molecular weight is 374 g/mol. The lowest BCUT2D eigenvalue weighted by Gasteiger charge is -2.17. The molecule has 27 heavy (non-hydrogen) atoms. The van der Waals surface area contributed by atoms with Gasteiger partial charge in [0.15, 0.2) is 17.8 Å². The molecule has 0 aliphatic heterocycles. The van der Waals surface area contributed by atoms with Crippen LogP contribution in [-0.4, -0.2) is 29.0 Å². The summed E-state index contributed by atoms with van der Waals surface area (Å²) in [5.74, 6) is -0.181. The lowest BCUT2D eigenvalue weighted by atomic mass is 10.2. The number of halogens is 1. The van der Waals surface area contributed by atoms with Gasteiger partial charge in [0.05, 0.1) is 12.6 Å². The number of carbonyl (C=O) groups is 2. The van der Waals surface area contributed by atoms with E-state index in [1.165, 1.54) is 18.3 Å². The van der Waals surface area contributed by atoms with Crippen LogP contribution < -0.4 is 5.32 Å². The molecule has 7 heteroatoms. The van der Waals surface area contributed by atoms with E-state index in [4.69, 9.17) is 9.15 Å². The van der Waals surface area contributed by atoms with E-state index in [1.54, 1.807) is 19.1 Å². The third-order valence-electron chi connectivity index (χ3n) is 4.60. The lowest BCUT2D eigenvalue weighted by Crippen LogP contribution is -2.40. The Bertz CT molecular complexity index is 782. The van der Waals surface area contributed by atoms with Crippen LogP contribution in [0.1, 0.15) is 44.9 Å². The van der Waals surface area contributed by atoms with Gasteiger partial charge in [-0.3, -0.25) is 9.59 Å². The fourth-order valence-electron chi connectivity index (χ4n) is 3.08. The highest BCUT2D eigenvalue weighted by Gasteiger charge is 2.23. The summed E-state index contributed by atoms with van der Waals surface area (Å²) >= 11 is 0. The number of hydrogen-bond acceptors (Lipinski definition) is 5. The molecule has 1 aromatic carbocycles. The number of aryl methyl sites for hydroxylation is 1. The first-order valence-corrected chi connectivity index (χ1v) is 9.22. The molecular weight excluding hydrogens is 351 g/mol. The average Bonchev–Trinajstić information content (AvgIpc) is 3.32. The van der Waals surface area contributed by atoms with Crippen LogP contribution in [-0.2, 0) is 20.7 Å². The van der Waals surface area contributed by atoms with Crippen molar-refractivity contribution in [3.05, 3.63) is 42.2 Å². The predicted octanol–water partition coefficient (Wildman–Crippen LogP) is 3.40. The minimum atomic E-state index is -0.822. The van der Waals surface area contributed by atoms with E-state index in [0.29, 0.717) is 17.2 Å². The molecule has 3 rings (SSSR count). The van der Waals surface area contributed by atoms with Gasteiger partial charge in [0.2, 0.25) is 0 Å². The predicted molar refractivity (Wildman–Crippen MR) is 96.2 cm³/mol. The SMILES string of the molecule is CC(OC(=O)CCc1ncc(-c2ccc(F)cc2)o1)C(=O)NC1CCCC1. The Labute approximate surface area is 157 Å². The molecule has 1 N–H and O–H groups in total. The van der Waals surface area contributed by atoms with Crippen LogP contribution in [0.15, 0.2) is 34.9 Å². The first-order chi connectivity index (χ1) is 13.0. The second-order valence-electron chi connectivity index (χ2n) is 6.75. The number of ether oxygens (including phenoxy) is 1. The van der Waals surface area contributed by atoms with Gasteiger partial charge in [-0.15, -0.1) is 0 Å². The Morgan fingerprint density at radius 2 is 2.00 bits per heavy atom. The van der Waals surface area contributed by atoms with Crippen molar-refractivity contribution in [3.8, 4) is 11.3 Å². The van der Waals surface area contributed by atoms with Crippen molar-refractivity contribution in [2.75, 3.05) is 0 Å². The van der Waals surface area contributed by atoms with Gasteiger partial charge in [0, 0.05) is 18.0 Å². The summed E-state index contributed by atoms with van der Waals surface area (Å²) in [5.41, 5.74) is 0.704. The second-order valence-corrected chi connectivity index (χ2v) is 6.75. The molecule has 1 atom stereocenters. The maximum absolute atomic E-state index is 13.0. The molecule has 0 radical (unpaired) electrons. The van der Waals surface area contributed by atoms with Gasteiger partial charge in [-0.05, 0) is 44.0 Å². The smallest absolute Gasteiger partial charge is 0.307 e. The van der Waals surface area contributed by atoms with Crippen LogP contribution in [0, 0.1) is 5.82 Å². The zero-order valence-corrected chi connectivity index (χ0v) is 15.2. The molecule has 1 heterocycles. The van der Waals surface area contributed by atoms with Crippen LogP contribution in [0.2, 0.25) is 0 Å². The topological polar surface area (TPSA) is 81.4 Å². The molecule has 0 spiro atoms. The lowest BCUT2D eigenvalue weighted by molar-refractivity contribution is -0.155. The Morgan fingerprint density at radius 1 is 1.30 bits per heavy atom. The van der Waals surface area contributed by atoms with Crippen molar-refractivity contribution in [2.45, 2.75) is 57.6 Å². The zero-order valence-electron chi connectivity index (χ0n) is 15.2. The number of esters is 1. The van der Waals surface area contributed by atoms with Crippen LogP contribution in [0.3, 0.4) is 0 Å². The molecule has 0 bridgehead atoms. The van der Waals surface area contributed by atoms with Crippen molar-refractivity contribution < 1.29 is 23.1 Å². The van der Waals surface area contributed by atoms with E-state index >= 15 is 0 Å². The normalized spacial score (nSPS) is 15.5. The Hall–Kier alpha value is -2.70. The Balaban J connectivity index is 1.44. The standard InChI is InChI=1S/C20H23FN2O4/c1-13(20(25)23-16-4-2-3-5-16)26-19(24)11-10-18-22-12-17(27-18)14-6-8-15(21)9-7-14/h6-9,12-13,16H,2-5,10-11H2,1H3,(H,23,25). The molecule has 1 fully saturated rings. The summed E-state index contributed by atoms with van der Waals surface area (Å²) < 4.78 is 23.7. The summed E-state index contributed by atoms with van der Waals surface area (Å²) in [6.45, 7) is 1.57. The largest absolute Gasteiger partial charge is 0.453 e. The Kier molecular flexibility index (Phi) is 6.21. The minimum Gasteiger partial charge on any atom is -0.453 e. The number of nitrogens with zero attached hydrogens (tertiary/aromatic N) is 1. The maximum Gasteiger partial charge on any atom is 0.307 e. The molecule has 1 amide bonds. The summed E-state index contributed by atoms with van der Waals surface area (Å²) in [4.78, 5) is 28.1. The molecule has 1 aromatic heterocycles. The van der Waals surface area contributed by atoms with Crippen molar-refractivity contribution >= 4 is 11.9 Å². The molecule has 2 aromatic rings. The van der Waals surface area contributed by atoms with E-state index in [2.05, 4.69) is 10.3 Å². The fraction of sp³-hybridized carbons (Fsp3) is 0.450. The molecule has 0 saturated heterocycles. The van der Waals surface area contributed by atoms with Crippen LogP contribution in [0.5, 0.6) is 0 Å². The number of hydrogen-bond donors (Lipinski definition) is 1. The van der Waals surface area contributed by atoms with Gasteiger partial charge in [-0.2, -0.15) is 0 Å². The summed E-state index contributed by atoms with van der Waals surface area (Å²) in [5, 5.41) is 2.91. The van der Waals surface area contributed by atoms with E-state index in [0.717, 1.165) is 25.7 Å². The number of aromatic nitrogens is 1. The molecule has 1 saturated carbocycles. The summed E-state index contributed by atoms with van der Waals surface area (Å²) in [6.07, 6.45) is 5.23. The highest BCUT2D eigenvalue weighted by atomic mass is 19.1. The van der Waals surface area contributed by atoms with E-state index < -0.39 is 12.1 Å². The van der Waals surface area contributed by atoms with Crippen molar-refractivity contribution in [1.82, 2.24) is 10.3 Å². The number of nitrogens with one attached hydrogen (secondary N) is 1. The molecule has 1 aliphatic carbocycles. The number of carbonyl (C=O) groups excluding carboxylic acids is 2. The van der Waals surface area contributed by atoms with Crippen LogP contribution in [0.4, 0.5) is 4.39 Å². The first-order valence-electron chi connectivity index (χ1n) is 9.22. The zero-order chi connectivity index (χ0) is 19.2. The van der Waals surface area contributed by atoms with Gasteiger partial charge in [0.1, 0.15) is 5.82 Å². The summed E-state index contributed by atoms with van der Waals surface area (Å²) in [6, 6.07) is 6.06. The monoisotopic (exact) mass is 374 g/mol. The Morgan fingerprint density at radius 3 is 2.70 bits per heavy atom. The second kappa shape index (κ2) is 8.79. The number of benzene rings is 1. The molecule has 1 aliphatic rings. The van der Waals surface area contributed by atoms with E-state index in [-0.39, 0.29) is 30.6 Å². The van der Waals surface area contributed by atoms with Crippen molar-refractivity contribution in [1.29, 1.82) is 0 Å². The van der Waals surface area contributed by atoms with Gasteiger partial charge >= 0.3 is 5.97 Å². The third kappa shape index (κ3) is 5.39. The third-order valence-corrected chi connectivity index (χ3v) is 4.60. The van der Waals surface area contributed by atoms with E-state index in [1.807, 2.05) is 0 Å². The van der Waals surface area contributed by atoms with Crippen LogP contribution >= 0.6 is 0 Å². The molecule has 6 nitrogen and oxygen atoms in total. The number of oxazole rings is 1. The fourth-order valence-corrected chi connectivity index (χ4v) is 3.08. The van der Waals surface area contributed by atoms with Gasteiger partial charge in [0.25, 0.3) is 5.91 Å². The van der Waals surface area contributed by atoms with Gasteiger partial charge < -0.3 is 14.5 Å². The first kappa shape index (κ1) is 19.1. The highest BCUT2D eigenvalue weighted by molar-refractivity contribution is 5.83. The minimum absolute atomic E-state index is 0.0599. The maximum atomic E-state index is 13.0. The number of amides is 1. The van der Waals surface area contributed by atoms with E-state index in [9.17, 15) is 14.0 Å².